The monoisotopic (exact) mass is 397 g/mol. The van der Waals surface area contributed by atoms with E-state index in [-0.39, 0.29) is 24.1 Å². The second-order valence-electron chi connectivity index (χ2n) is 7.61. The summed E-state index contributed by atoms with van der Waals surface area (Å²) < 4.78 is 5.55. The number of aliphatic hydroxyl groups excluding tert-OH is 2. The number of carbonyl (C=O) groups is 2. The van der Waals surface area contributed by atoms with Gasteiger partial charge in [-0.3, -0.25) is 4.79 Å². The van der Waals surface area contributed by atoms with Crippen LogP contribution in [0.5, 0.6) is 0 Å². The first kappa shape index (κ1) is 22.0. The van der Waals surface area contributed by atoms with Crippen molar-refractivity contribution in [3.8, 4) is 0 Å². The number of nitrogens with one attached hydrogen (secondary N) is 1. The van der Waals surface area contributed by atoms with Gasteiger partial charge in [-0.2, -0.15) is 0 Å². The smallest absolute Gasteiger partial charge is 0.330 e. The average molecular weight is 398 g/mol. The summed E-state index contributed by atoms with van der Waals surface area (Å²) in [6, 6.07) is -0.353. The maximum absolute atomic E-state index is 12.2. The van der Waals surface area contributed by atoms with Gasteiger partial charge in [-0.15, -0.1) is 0 Å². The van der Waals surface area contributed by atoms with Crippen LogP contribution in [0.1, 0.15) is 52.4 Å². The van der Waals surface area contributed by atoms with Crippen molar-refractivity contribution in [1.82, 2.24) is 5.32 Å². The predicted molar refractivity (Wildman–Crippen MR) is 106 cm³/mol. The molecule has 0 aliphatic carbocycles. The largest absolute Gasteiger partial charge is 0.459 e. The van der Waals surface area contributed by atoms with Gasteiger partial charge in [0.25, 0.3) is 5.24 Å². The number of aliphatic hydroxyl groups is 2. The Morgan fingerprint density at radius 3 is 2.85 bits per heavy atom. The van der Waals surface area contributed by atoms with E-state index in [1.54, 1.807) is 0 Å². The van der Waals surface area contributed by atoms with Crippen LogP contribution in [0.2, 0.25) is 0 Å². The molecule has 5 unspecified atom stereocenters. The third-order valence-corrected chi connectivity index (χ3v) is 5.88. The Bertz CT molecular complexity index is 577. The van der Waals surface area contributed by atoms with Crippen LogP contribution in [0.3, 0.4) is 0 Å². The van der Waals surface area contributed by atoms with Gasteiger partial charge in [0.15, 0.2) is 0 Å². The summed E-state index contributed by atoms with van der Waals surface area (Å²) in [6.07, 6.45) is 7.34. The molecule has 1 amide bonds. The predicted octanol–water partition coefficient (Wildman–Crippen LogP) is 2.94. The number of cyclic esters (lactones) is 1. The number of allylic oxidation sites excluding steroid dienone is 3. The Morgan fingerprint density at radius 1 is 1.37 bits per heavy atom. The van der Waals surface area contributed by atoms with E-state index in [4.69, 9.17) is 4.74 Å². The van der Waals surface area contributed by atoms with Crippen molar-refractivity contribution in [2.45, 2.75) is 76.7 Å². The van der Waals surface area contributed by atoms with Gasteiger partial charge in [0.05, 0.1) is 18.2 Å². The first-order chi connectivity index (χ1) is 12.8. The molecule has 0 bridgehead atoms. The van der Waals surface area contributed by atoms with Crippen molar-refractivity contribution >= 4 is 23.0 Å². The molecule has 0 radical (unpaired) electrons. The molecule has 0 spiro atoms. The fraction of sp³-hybridized carbons (Fsp3) is 0.700. The second kappa shape index (κ2) is 10.9. The van der Waals surface area contributed by atoms with Crippen LogP contribution in [0.4, 0.5) is 4.79 Å². The van der Waals surface area contributed by atoms with E-state index in [0.29, 0.717) is 18.1 Å². The van der Waals surface area contributed by atoms with Crippen molar-refractivity contribution < 1.29 is 24.5 Å². The molecule has 0 aromatic rings. The quantitative estimate of drug-likeness (QED) is 0.501. The topological polar surface area (TPSA) is 95.9 Å². The summed E-state index contributed by atoms with van der Waals surface area (Å²) >= 11 is 1.14. The molecule has 152 valence electrons. The normalized spacial score (nSPS) is 35.3. The van der Waals surface area contributed by atoms with Gasteiger partial charge in [-0.25, -0.2) is 4.79 Å². The summed E-state index contributed by atoms with van der Waals surface area (Å²) in [4.78, 5) is 23.6. The summed E-state index contributed by atoms with van der Waals surface area (Å²) in [5, 5.41) is 23.4. The number of rotatable bonds is 3. The van der Waals surface area contributed by atoms with Gasteiger partial charge in [-0.1, -0.05) is 36.4 Å². The summed E-state index contributed by atoms with van der Waals surface area (Å²) in [6.45, 7) is 4.02. The highest BCUT2D eigenvalue weighted by molar-refractivity contribution is 8.13. The van der Waals surface area contributed by atoms with Crippen LogP contribution in [0.15, 0.2) is 23.8 Å². The van der Waals surface area contributed by atoms with E-state index in [9.17, 15) is 19.8 Å². The van der Waals surface area contributed by atoms with Crippen LogP contribution >= 0.6 is 11.8 Å². The average Bonchev–Trinajstić information content (AvgIpc) is 3.02. The molecule has 3 N–H and O–H groups in total. The molecular formula is C20H31NO5S. The molecule has 0 saturated carbocycles. The standard InChI is InChI=1S/C20H31NO5S/c1-13-5-3-4-6-14(2)9-19(24)26-16(10-15(22)8-7-13)11-18(23)17-12-27-20(25)21-17/h3,5,9,13,15-18,22-23H,4,6-8,10-12H2,1-2H3,(H,21,25)/b5-3-,14-9+. The van der Waals surface area contributed by atoms with Gasteiger partial charge >= 0.3 is 5.97 Å². The molecule has 5 atom stereocenters. The van der Waals surface area contributed by atoms with Gasteiger partial charge in [-0.05, 0) is 38.5 Å². The fourth-order valence-electron chi connectivity index (χ4n) is 3.32. The lowest BCUT2D eigenvalue weighted by Gasteiger charge is -2.25. The van der Waals surface area contributed by atoms with Crippen molar-refractivity contribution in [3.05, 3.63) is 23.8 Å². The Labute approximate surface area is 165 Å². The van der Waals surface area contributed by atoms with Crippen LogP contribution in [-0.2, 0) is 9.53 Å². The van der Waals surface area contributed by atoms with E-state index >= 15 is 0 Å². The zero-order chi connectivity index (χ0) is 19.8. The first-order valence-corrected chi connectivity index (χ1v) is 10.7. The minimum absolute atomic E-state index is 0.150. The zero-order valence-electron chi connectivity index (χ0n) is 16.1. The molecule has 1 saturated heterocycles. The molecular weight excluding hydrogens is 366 g/mol. The third kappa shape index (κ3) is 8.07. The molecule has 0 aromatic carbocycles. The Kier molecular flexibility index (Phi) is 8.86. The number of esters is 1. The highest BCUT2D eigenvalue weighted by Gasteiger charge is 2.31. The van der Waals surface area contributed by atoms with Gasteiger partial charge in [0.2, 0.25) is 0 Å². The van der Waals surface area contributed by atoms with E-state index in [0.717, 1.165) is 36.6 Å². The number of thioether (sulfide) groups is 1. The van der Waals surface area contributed by atoms with Gasteiger partial charge in [0, 0.05) is 24.7 Å². The molecule has 1 fully saturated rings. The van der Waals surface area contributed by atoms with Crippen molar-refractivity contribution in [2.24, 2.45) is 5.92 Å². The number of hydrogen-bond acceptors (Lipinski definition) is 6. The van der Waals surface area contributed by atoms with Crippen LogP contribution in [-0.4, -0.2) is 51.5 Å². The van der Waals surface area contributed by atoms with Crippen LogP contribution in [0, 0.1) is 5.92 Å². The third-order valence-electron chi connectivity index (χ3n) is 4.97. The second-order valence-corrected chi connectivity index (χ2v) is 8.61. The maximum Gasteiger partial charge on any atom is 0.330 e. The SMILES string of the molecule is C/C1=C\C(=O)OC(CC(O)C2CSC(=O)N2)CC(O)CCC(C)/C=C\CC1. The molecule has 2 aliphatic heterocycles. The fourth-order valence-corrected chi connectivity index (χ4v) is 4.19. The van der Waals surface area contributed by atoms with E-state index < -0.39 is 24.3 Å². The molecule has 7 heteroatoms. The van der Waals surface area contributed by atoms with Gasteiger partial charge < -0.3 is 20.3 Å². The van der Waals surface area contributed by atoms with E-state index in [2.05, 4.69) is 24.4 Å². The summed E-state index contributed by atoms with van der Waals surface area (Å²) in [7, 11) is 0. The Morgan fingerprint density at radius 2 is 2.15 bits per heavy atom. The van der Waals surface area contributed by atoms with Gasteiger partial charge in [0.1, 0.15) is 6.10 Å². The Hall–Kier alpha value is -1.31. The van der Waals surface area contributed by atoms with Crippen LogP contribution < -0.4 is 5.32 Å². The van der Waals surface area contributed by atoms with Crippen molar-refractivity contribution in [3.63, 3.8) is 0 Å². The minimum atomic E-state index is -0.820. The number of amides is 1. The maximum atomic E-state index is 12.2. The number of carbonyl (C=O) groups excluding carboxylic acids is 2. The molecule has 6 nitrogen and oxygen atoms in total. The molecule has 2 rings (SSSR count). The molecule has 0 aromatic heterocycles. The Balaban J connectivity index is 2.04. The first-order valence-electron chi connectivity index (χ1n) is 9.67. The van der Waals surface area contributed by atoms with Crippen LogP contribution in [0.25, 0.3) is 0 Å². The molecule has 2 heterocycles. The lowest BCUT2D eigenvalue weighted by atomic mass is 9.96. The number of hydrogen-bond donors (Lipinski definition) is 3. The lowest BCUT2D eigenvalue weighted by Crippen LogP contribution is -2.41. The molecule has 2 aliphatic rings. The highest BCUT2D eigenvalue weighted by atomic mass is 32.2. The zero-order valence-corrected chi connectivity index (χ0v) is 16.9. The van der Waals surface area contributed by atoms with Crippen molar-refractivity contribution in [1.29, 1.82) is 0 Å². The molecule has 27 heavy (non-hydrogen) atoms. The highest BCUT2D eigenvalue weighted by Crippen LogP contribution is 2.22. The lowest BCUT2D eigenvalue weighted by molar-refractivity contribution is -0.146. The number of ether oxygens (including phenoxy) is 1. The minimum Gasteiger partial charge on any atom is -0.459 e. The van der Waals surface area contributed by atoms with Crippen molar-refractivity contribution in [2.75, 3.05) is 5.75 Å². The summed E-state index contributed by atoms with van der Waals surface area (Å²) in [5.41, 5.74) is 0.939. The van der Waals surface area contributed by atoms with E-state index in [1.807, 2.05) is 6.92 Å². The van der Waals surface area contributed by atoms with E-state index in [1.165, 1.54) is 6.08 Å². The summed E-state index contributed by atoms with van der Waals surface area (Å²) in [5.74, 6) is 0.423.